The average molecular weight is 269 g/mol. The first kappa shape index (κ1) is 16.9. The highest BCUT2D eigenvalue weighted by Gasteiger charge is 2.20. The number of nitrogens with one attached hydrogen (secondary N) is 1. The number of nitrogens with zero attached hydrogens (tertiary/aromatic N) is 2. The van der Waals surface area contributed by atoms with Crippen LogP contribution in [0.3, 0.4) is 0 Å². The van der Waals surface area contributed by atoms with Crippen LogP contribution in [0.15, 0.2) is 0 Å². The molecule has 1 unspecified atom stereocenters. The van der Waals surface area contributed by atoms with Crippen LogP contribution in [0.5, 0.6) is 0 Å². The predicted molar refractivity (Wildman–Crippen MR) is 84.8 cm³/mol. The summed E-state index contributed by atoms with van der Waals surface area (Å²) in [6.07, 6.45) is 7.85. The molecule has 0 amide bonds. The van der Waals surface area contributed by atoms with Gasteiger partial charge < -0.3 is 15.1 Å². The van der Waals surface area contributed by atoms with E-state index < -0.39 is 0 Å². The quantitative estimate of drug-likeness (QED) is 0.694. The summed E-state index contributed by atoms with van der Waals surface area (Å²) in [5.41, 5.74) is 0. The summed E-state index contributed by atoms with van der Waals surface area (Å²) >= 11 is 0. The van der Waals surface area contributed by atoms with Gasteiger partial charge in [0.15, 0.2) is 0 Å². The van der Waals surface area contributed by atoms with Gasteiger partial charge >= 0.3 is 0 Å². The zero-order valence-electron chi connectivity index (χ0n) is 13.6. The van der Waals surface area contributed by atoms with Crippen LogP contribution in [-0.2, 0) is 0 Å². The lowest BCUT2D eigenvalue weighted by molar-refractivity contribution is 0.141. The molecular formula is C16H35N3. The summed E-state index contributed by atoms with van der Waals surface area (Å²) in [5.74, 6) is 0. The van der Waals surface area contributed by atoms with Gasteiger partial charge in [0, 0.05) is 12.1 Å². The van der Waals surface area contributed by atoms with Gasteiger partial charge in [-0.15, -0.1) is 0 Å². The zero-order valence-corrected chi connectivity index (χ0v) is 13.6. The summed E-state index contributed by atoms with van der Waals surface area (Å²) in [6.45, 7) is 9.51. The van der Waals surface area contributed by atoms with Crippen LogP contribution in [0.4, 0.5) is 0 Å². The van der Waals surface area contributed by atoms with Crippen molar-refractivity contribution in [3.63, 3.8) is 0 Å². The molecule has 1 aliphatic rings. The maximum absolute atomic E-state index is 3.65. The minimum Gasteiger partial charge on any atom is -0.314 e. The molecule has 114 valence electrons. The molecule has 3 nitrogen and oxygen atoms in total. The van der Waals surface area contributed by atoms with Crippen molar-refractivity contribution in [2.45, 2.75) is 64.5 Å². The Kier molecular flexibility index (Phi) is 8.67. The fourth-order valence-electron chi connectivity index (χ4n) is 3.00. The molecule has 0 aromatic rings. The van der Waals surface area contributed by atoms with Crippen molar-refractivity contribution in [3.05, 3.63) is 0 Å². The van der Waals surface area contributed by atoms with Gasteiger partial charge in [-0.2, -0.15) is 0 Å². The van der Waals surface area contributed by atoms with E-state index >= 15 is 0 Å². The van der Waals surface area contributed by atoms with E-state index in [1.165, 1.54) is 64.7 Å². The summed E-state index contributed by atoms with van der Waals surface area (Å²) in [4.78, 5) is 5.05. The van der Waals surface area contributed by atoms with Crippen molar-refractivity contribution >= 4 is 0 Å². The van der Waals surface area contributed by atoms with E-state index in [-0.39, 0.29) is 0 Å². The maximum Gasteiger partial charge on any atom is 0.0117 e. The van der Waals surface area contributed by atoms with Crippen LogP contribution >= 0.6 is 0 Å². The van der Waals surface area contributed by atoms with Gasteiger partial charge in [-0.1, -0.05) is 13.8 Å². The Morgan fingerprint density at radius 2 is 1.95 bits per heavy atom. The minimum atomic E-state index is 0.728. The molecule has 0 aliphatic carbocycles. The van der Waals surface area contributed by atoms with E-state index in [1.54, 1.807) is 0 Å². The summed E-state index contributed by atoms with van der Waals surface area (Å²) < 4.78 is 0. The summed E-state index contributed by atoms with van der Waals surface area (Å²) in [5, 5.41) is 3.65. The average Bonchev–Trinajstić information content (AvgIpc) is 2.43. The molecule has 1 rings (SSSR count). The first-order valence-corrected chi connectivity index (χ1v) is 8.29. The van der Waals surface area contributed by atoms with Gasteiger partial charge in [-0.05, 0) is 78.8 Å². The van der Waals surface area contributed by atoms with Crippen molar-refractivity contribution in [1.29, 1.82) is 0 Å². The van der Waals surface area contributed by atoms with Gasteiger partial charge in [-0.25, -0.2) is 0 Å². The standard InChI is InChI=1S/C16H35N3/c1-5-11-17-15(6-2)8-7-12-19(4)16-9-13-18(3)14-10-16/h15-17H,5-14H2,1-4H3. The molecule has 3 heteroatoms. The van der Waals surface area contributed by atoms with Crippen LogP contribution in [-0.4, -0.2) is 62.2 Å². The number of hydrogen-bond donors (Lipinski definition) is 1. The molecule has 1 N–H and O–H groups in total. The molecule has 1 atom stereocenters. The Labute approximate surface area is 120 Å². The molecule has 0 spiro atoms. The fourth-order valence-corrected chi connectivity index (χ4v) is 3.00. The van der Waals surface area contributed by atoms with E-state index in [0.717, 1.165) is 12.1 Å². The van der Waals surface area contributed by atoms with Crippen molar-refractivity contribution in [3.8, 4) is 0 Å². The third-order valence-electron chi connectivity index (χ3n) is 4.55. The topological polar surface area (TPSA) is 18.5 Å². The second-order valence-electron chi connectivity index (χ2n) is 6.22. The first-order valence-electron chi connectivity index (χ1n) is 8.29. The van der Waals surface area contributed by atoms with Gasteiger partial charge in [0.2, 0.25) is 0 Å². The lowest BCUT2D eigenvalue weighted by atomic mass is 10.0. The van der Waals surface area contributed by atoms with Gasteiger partial charge in [-0.3, -0.25) is 0 Å². The molecule has 0 aromatic carbocycles. The Hall–Kier alpha value is -0.120. The van der Waals surface area contributed by atoms with Crippen LogP contribution < -0.4 is 5.32 Å². The number of rotatable bonds is 9. The SMILES string of the molecule is CCCNC(CC)CCCN(C)C1CCN(C)CC1. The molecule has 1 fully saturated rings. The van der Waals surface area contributed by atoms with Crippen molar-refractivity contribution in [2.75, 3.05) is 40.3 Å². The molecule has 0 radical (unpaired) electrons. The lowest BCUT2D eigenvalue weighted by Crippen LogP contribution is -2.42. The van der Waals surface area contributed by atoms with Crippen LogP contribution in [0.2, 0.25) is 0 Å². The highest BCUT2D eigenvalue weighted by Crippen LogP contribution is 2.15. The van der Waals surface area contributed by atoms with E-state index in [9.17, 15) is 0 Å². The predicted octanol–water partition coefficient (Wildman–Crippen LogP) is 2.57. The highest BCUT2D eigenvalue weighted by molar-refractivity contribution is 4.77. The number of hydrogen-bond acceptors (Lipinski definition) is 3. The van der Waals surface area contributed by atoms with E-state index in [4.69, 9.17) is 0 Å². The van der Waals surface area contributed by atoms with Crippen molar-refractivity contribution in [2.24, 2.45) is 0 Å². The molecule has 0 bridgehead atoms. The number of likely N-dealkylation sites (tertiary alicyclic amines) is 1. The van der Waals surface area contributed by atoms with Crippen molar-refractivity contribution in [1.82, 2.24) is 15.1 Å². The minimum absolute atomic E-state index is 0.728. The molecule has 0 saturated carbocycles. The van der Waals surface area contributed by atoms with E-state index in [1.807, 2.05) is 0 Å². The third-order valence-corrected chi connectivity index (χ3v) is 4.55. The van der Waals surface area contributed by atoms with E-state index in [2.05, 4.69) is 43.1 Å². The lowest BCUT2D eigenvalue weighted by Gasteiger charge is -2.35. The van der Waals surface area contributed by atoms with Crippen LogP contribution in [0.1, 0.15) is 52.4 Å². The van der Waals surface area contributed by atoms with Crippen LogP contribution in [0, 0.1) is 0 Å². The summed E-state index contributed by atoms with van der Waals surface area (Å²) in [6, 6.07) is 1.55. The molecular weight excluding hydrogens is 234 g/mol. The number of piperidine rings is 1. The van der Waals surface area contributed by atoms with E-state index in [0.29, 0.717) is 0 Å². The monoisotopic (exact) mass is 269 g/mol. The molecule has 1 saturated heterocycles. The smallest absolute Gasteiger partial charge is 0.0117 e. The largest absolute Gasteiger partial charge is 0.314 e. The second-order valence-corrected chi connectivity index (χ2v) is 6.22. The molecule has 1 heterocycles. The fraction of sp³-hybridized carbons (Fsp3) is 1.00. The van der Waals surface area contributed by atoms with Gasteiger partial charge in [0.05, 0.1) is 0 Å². The zero-order chi connectivity index (χ0) is 14.1. The van der Waals surface area contributed by atoms with Gasteiger partial charge in [0.25, 0.3) is 0 Å². The third kappa shape index (κ3) is 6.73. The Morgan fingerprint density at radius 3 is 2.53 bits per heavy atom. The van der Waals surface area contributed by atoms with Crippen LogP contribution in [0.25, 0.3) is 0 Å². The molecule has 0 aromatic heterocycles. The normalized spacial score (nSPS) is 20.1. The second kappa shape index (κ2) is 9.73. The van der Waals surface area contributed by atoms with Gasteiger partial charge in [0.1, 0.15) is 0 Å². The Bertz CT molecular complexity index is 212. The molecule has 19 heavy (non-hydrogen) atoms. The van der Waals surface area contributed by atoms with Crippen molar-refractivity contribution < 1.29 is 0 Å². The Morgan fingerprint density at radius 1 is 1.26 bits per heavy atom. The summed E-state index contributed by atoms with van der Waals surface area (Å²) in [7, 11) is 4.55. The maximum atomic E-state index is 3.65. The molecule has 1 aliphatic heterocycles. The highest BCUT2D eigenvalue weighted by atomic mass is 15.2. The Balaban J connectivity index is 2.13. The first-order chi connectivity index (χ1) is 9.17.